The quantitative estimate of drug-likeness (QED) is 0.296. The molecule has 0 aromatic heterocycles. The van der Waals surface area contributed by atoms with Crippen molar-refractivity contribution in [2.75, 3.05) is 0 Å². The van der Waals surface area contributed by atoms with Crippen molar-refractivity contribution in [2.24, 2.45) is 0 Å². The number of rotatable bonds is 10. The highest BCUT2D eigenvalue weighted by atomic mass is 16.4. The lowest BCUT2D eigenvalue weighted by Crippen LogP contribution is -2.19. The Balaban J connectivity index is 1.79. The first-order chi connectivity index (χ1) is 17.5. The Kier molecular flexibility index (Phi) is 7.86. The highest BCUT2D eigenvalue weighted by molar-refractivity contribution is 5.67. The van der Waals surface area contributed by atoms with Gasteiger partial charge in [-0.3, -0.25) is 9.59 Å². The zero-order chi connectivity index (χ0) is 26.8. The summed E-state index contributed by atoms with van der Waals surface area (Å²) in [6.07, 6.45) is 9.35. The molecule has 2 fully saturated rings. The molecule has 200 valence electrons. The Labute approximate surface area is 219 Å². The van der Waals surface area contributed by atoms with Crippen molar-refractivity contribution in [1.82, 2.24) is 0 Å². The Hall–Kier alpha value is -3.02. The van der Waals surface area contributed by atoms with Gasteiger partial charge in [0.25, 0.3) is 0 Å². The van der Waals surface area contributed by atoms with E-state index >= 15 is 0 Å². The number of carbonyl (C=O) groups is 2. The topological polar surface area (TPSA) is 115 Å². The minimum absolute atomic E-state index is 0.0127. The van der Waals surface area contributed by atoms with Crippen molar-refractivity contribution in [3.63, 3.8) is 0 Å². The van der Waals surface area contributed by atoms with E-state index in [1.165, 1.54) is 0 Å². The molecule has 0 radical (unpaired) electrons. The summed E-state index contributed by atoms with van der Waals surface area (Å²) in [4.78, 5) is 22.6. The number of aliphatic carboxylic acids is 2. The average molecular weight is 509 g/mol. The molecule has 4 rings (SSSR count). The van der Waals surface area contributed by atoms with Gasteiger partial charge in [-0.2, -0.15) is 0 Å². The van der Waals surface area contributed by atoms with E-state index in [9.17, 15) is 30.0 Å². The summed E-state index contributed by atoms with van der Waals surface area (Å²) in [5.74, 6) is -1.26. The van der Waals surface area contributed by atoms with Crippen LogP contribution in [0.5, 0.6) is 11.5 Å². The molecule has 0 bridgehead atoms. The van der Waals surface area contributed by atoms with Gasteiger partial charge in [-0.25, -0.2) is 0 Å². The second-order valence-corrected chi connectivity index (χ2v) is 11.8. The van der Waals surface area contributed by atoms with Crippen LogP contribution in [0.2, 0.25) is 0 Å². The molecule has 2 aromatic rings. The number of phenolic OH excluding ortho intramolecular Hbond substituents is 2. The van der Waals surface area contributed by atoms with Crippen molar-refractivity contribution in [2.45, 2.75) is 108 Å². The van der Waals surface area contributed by atoms with Gasteiger partial charge in [-0.15, -0.1) is 0 Å². The molecule has 0 aliphatic heterocycles. The van der Waals surface area contributed by atoms with Crippen LogP contribution >= 0.6 is 0 Å². The monoisotopic (exact) mass is 508 g/mol. The summed E-state index contributed by atoms with van der Waals surface area (Å²) in [6.45, 7) is 4.34. The third-order valence-corrected chi connectivity index (χ3v) is 8.85. The molecule has 0 saturated heterocycles. The minimum Gasteiger partial charge on any atom is -0.507 e. The van der Waals surface area contributed by atoms with Crippen molar-refractivity contribution in [3.8, 4) is 11.5 Å². The summed E-state index contributed by atoms with van der Waals surface area (Å²) >= 11 is 0. The lowest BCUT2D eigenvalue weighted by Gasteiger charge is -2.29. The molecule has 2 aromatic carbocycles. The maximum absolute atomic E-state index is 11.5. The Morgan fingerprint density at radius 1 is 0.676 bits per heavy atom. The Bertz CT molecular complexity index is 1080. The third-order valence-electron chi connectivity index (χ3n) is 8.85. The van der Waals surface area contributed by atoms with Crippen molar-refractivity contribution < 1.29 is 30.0 Å². The van der Waals surface area contributed by atoms with Gasteiger partial charge < -0.3 is 20.4 Å². The molecule has 37 heavy (non-hydrogen) atoms. The van der Waals surface area contributed by atoms with Gasteiger partial charge in [-0.1, -0.05) is 63.8 Å². The van der Waals surface area contributed by atoms with Crippen molar-refractivity contribution in [1.29, 1.82) is 0 Å². The molecule has 6 nitrogen and oxygen atoms in total. The normalized spacial score (nSPS) is 18.2. The van der Waals surface area contributed by atoms with E-state index in [4.69, 9.17) is 0 Å². The number of hydrogen-bond acceptors (Lipinski definition) is 4. The molecule has 0 spiro atoms. The zero-order valence-corrected chi connectivity index (χ0v) is 22.1. The first-order valence-electron chi connectivity index (χ1n) is 13.6. The zero-order valence-electron chi connectivity index (χ0n) is 22.1. The Morgan fingerprint density at radius 3 is 1.35 bits per heavy atom. The van der Waals surface area contributed by atoms with Gasteiger partial charge in [0.1, 0.15) is 11.5 Å². The largest absolute Gasteiger partial charge is 0.507 e. The molecule has 0 unspecified atom stereocenters. The minimum atomic E-state index is -0.860. The van der Waals surface area contributed by atoms with Crippen LogP contribution in [0.4, 0.5) is 0 Å². The molecule has 0 heterocycles. The van der Waals surface area contributed by atoms with E-state index in [0.29, 0.717) is 30.4 Å². The van der Waals surface area contributed by atoms with Crippen LogP contribution in [0.1, 0.15) is 111 Å². The number of aryl methyl sites for hydroxylation is 2. The first kappa shape index (κ1) is 27.0. The van der Waals surface area contributed by atoms with Gasteiger partial charge in [0.15, 0.2) is 0 Å². The molecule has 0 atom stereocenters. The van der Waals surface area contributed by atoms with Gasteiger partial charge in [-0.05, 0) is 71.6 Å². The highest BCUT2D eigenvalue weighted by Gasteiger charge is 2.36. The average Bonchev–Trinajstić information content (AvgIpc) is 3.49. The fraction of sp³-hybridized carbons (Fsp3) is 0.548. The van der Waals surface area contributed by atoms with Crippen LogP contribution in [0.25, 0.3) is 0 Å². The van der Waals surface area contributed by atoms with Crippen molar-refractivity contribution in [3.05, 3.63) is 57.6 Å². The molecular weight excluding hydrogens is 468 g/mol. The molecule has 0 amide bonds. The van der Waals surface area contributed by atoms with Gasteiger partial charge in [0, 0.05) is 30.4 Å². The van der Waals surface area contributed by atoms with Crippen LogP contribution in [0.3, 0.4) is 0 Å². The summed E-state index contributed by atoms with van der Waals surface area (Å²) in [6, 6.07) is 7.70. The maximum Gasteiger partial charge on any atom is 0.303 e. The summed E-state index contributed by atoms with van der Waals surface area (Å²) in [7, 11) is 0. The van der Waals surface area contributed by atoms with E-state index in [1.54, 1.807) is 0 Å². The van der Waals surface area contributed by atoms with Crippen molar-refractivity contribution >= 4 is 11.9 Å². The second kappa shape index (κ2) is 10.8. The number of hydrogen-bond donors (Lipinski definition) is 4. The van der Waals surface area contributed by atoms with Crippen LogP contribution in [0, 0.1) is 0 Å². The standard InChI is InChI=1S/C31H40O6/c1-30(11-3-4-12-30)24-17-20(7-9-26(32)33)15-22(28(24)36)19-23-16-21(8-10-27(34)35)18-25(29(23)37)31(2)13-5-6-14-31/h15-18,36-37H,3-14,19H2,1-2H3,(H,32,33)(H,34,35). The van der Waals surface area contributed by atoms with Gasteiger partial charge in [0.2, 0.25) is 0 Å². The predicted octanol–water partition coefficient (Wildman–Crippen LogP) is 6.39. The SMILES string of the molecule is CC1(c2cc(CCC(=O)O)cc(Cc3cc(CCC(=O)O)cc(C4(C)CCCC4)c3O)c2O)CCCC1. The van der Waals surface area contributed by atoms with Gasteiger partial charge >= 0.3 is 11.9 Å². The lowest BCUT2D eigenvalue weighted by atomic mass is 9.77. The summed E-state index contributed by atoms with van der Waals surface area (Å²) < 4.78 is 0. The number of aromatic hydroxyl groups is 2. The van der Waals surface area contributed by atoms with Crippen LogP contribution in [0.15, 0.2) is 24.3 Å². The van der Waals surface area contributed by atoms with Gasteiger partial charge in [0.05, 0.1) is 0 Å². The fourth-order valence-electron chi connectivity index (χ4n) is 6.56. The number of carboxylic acid groups (broad SMARTS) is 2. The van der Waals surface area contributed by atoms with Crippen LogP contribution < -0.4 is 0 Å². The second-order valence-electron chi connectivity index (χ2n) is 11.8. The summed E-state index contributed by atoms with van der Waals surface area (Å²) in [5, 5.41) is 41.5. The predicted molar refractivity (Wildman–Crippen MR) is 143 cm³/mol. The number of phenols is 2. The molecule has 4 N–H and O–H groups in total. The fourth-order valence-corrected chi connectivity index (χ4v) is 6.56. The molecule has 2 aliphatic rings. The molecule has 2 saturated carbocycles. The smallest absolute Gasteiger partial charge is 0.303 e. The van der Waals surface area contributed by atoms with Crippen LogP contribution in [-0.2, 0) is 39.7 Å². The van der Waals surface area contributed by atoms with E-state index in [0.717, 1.165) is 73.6 Å². The van der Waals surface area contributed by atoms with E-state index in [1.807, 2.05) is 24.3 Å². The van der Waals surface area contributed by atoms with E-state index in [-0.39, 0.29) is 35.2 Å². The molecular formula is C31H40O6. The lowest BCUT2D eigenvalue weighted by molar-refractivity contribution is -0.138. The maximum atomic E-state index is 11.5. The number of benzene rings is 2. The highest BCUT2D eigenvalue weighted by Crippen LogP contribution is 2.48. The van der Waals surface area contributed by atoms with E-state index < -0.39 is 11.9 Å². The van der Waals surface area contributed by atoms with E-state index in [2.05, 4.69) is 13.8 Å². The van der Waals surface area contributed by atoms with Crippen LogP contribution in [-0.4, -0.2) is 32.4 Å². The molecule has 2 aliphatic carbocycles. The number of carboxylic acids is 2. The molecule has 6 heteroatoms. The first-order valence-corrected chi connectivity index (χ1v) is 13.6. The Morgan fingerprint density at radius 2 is 1.03 bits per heavy atom. The third kappa shape index (κ3) is 5.94. The summed E-state index contributed by atoms with van der Waals surface area (Å²) in [5.41, 5.74) is 4.53.